The normalized spacial score (nSPS) is 20.7. The molecule has 2 aromatic rings. The molecule has 0 bridgehead atoms. The summed E-state index contributed by atoms with van der Waals surface area (Å²) in [5, 5.41) is 0. The summed E-state index contributed by atoms with van der Waals surface area (Å²) in [6, 6.07) is 16.7. The number of benzene rings is 2. The van der Waals surface area contributed by atoms with Gasteiger partial charge in [0.1, 0.15) is 18.1 Å². The van der Waals surface area contributed by atoms with E-state index in [0.29, 0.717) is 18.1 Å². The first kappa shape index (κ1) is 20.1. The first-order chi connectivity index (χ1) is 14.6. The lowest BCUT2D eigenvalue weighted by Gasteiger charge is -2.19. The highest BCUT2D eigenvalue weighted by molar-refractivity contribution is 6.05. The Bertz CT molecular complexity index is 885. The van der Waals surface area contributed by atoms with E-state index in [1.807, 2.05) is 30.3 Å². The molecule has 2 atom stereocenters. The Morgan fingerprint density at radius 2 is 1.47 bits per heavy atom. The molecule has 4 rings (SSSR count). The molecule has 6 heteroatoms. The van der Waals surface area contributed by atoms with Gasteiger partial charge < -0.3 is 9.47 Å². The Balaban J connectivity index is 1.25. The molecule has 0 aromatic heterocycles. The monoisotopic (exact) mass is 407 g/mol. The van der Waals surface area contributed by atoms with Gasteiger partial charge in [-0.3, -0.25) is 19.3 Å². The van der Waals surface area contributed by atoms with Gasteiger partial charge in [-0.2, -0.15) is 0 Å². The summed E-state index contributed by atoms with van der Waals surface area (Å²) >= 11 is 0. The molecule has 2 amide bonds. The average Bonchev–Trinajstić information content (AvgIpc) is 3.02. The summed E-state index contributed by atoms with van der Waals surface area (Å²) in [7, 11) is 0. The number of hydrogen-bond acceptors (Lipinski definition) is 5. The van der Waals surface area contributed by atoms with Crippen molar-refractivity contribution in [2.45, 2.75) is 38.7 Å². The number of carbonyl (C=O) groups excluding carboxylic acids is 3. The SMILES string of the molecule is O=C(CCN1C(=O)[C@H]2CCCC[C@H]2C1=O)Oc1ccc(OCc2ccccc2)cc1. The molecular formula is C24H25NO5. The molecule has 1 saturated carbocycles. The van der Waals surface area contributed by atoms with Crippen LogP contribution in [0.25, 0.3) is 0 Å². The first-order valence-corrected chi connectivity index (χ1v) is 10.4. The van der Waals surface area contributed by atoms with Gasteiger partial charge in [0.15, 0.2) is 0 Å². The number of imide groups is 1. The largest absolute Gasteiger partial charge is 0.489 e. The number of carbonyl (C=O) groups is 3. The molecule has 1 aliphatic heterocycles. The minimum atomic E-state index is -0.469. The number of nitrogens with zero attached hydrogens (tertiary/aromatic N) is 1. The average molecular weight is 407 g/mol. The molecule has 156 valence electrons. The number of rotatable bonds is 7. The summed E-state index contributed by atoms with van der Waals surface area (Å²) in [6.45, 7) is 0.543. The van der Waals surface area contributed by atoms with Crippen LogP contribution >= 0.6 is 0 Å². The van der Waals surface area contributed by atoms with E-state index in [4.69, 9.17) is 9.47 Å². The van der Waals surface area contributed by atoms with E-state index in [0.717, 1.165) is 31.2 Å². The van der Waals surface area contributed by atoms with Crippen LogP contribution in [0.1, 0.15) is 37.7 Å². The number of likely N-dealkylation sites (tertiary alicyclic amines) is 1. The fraction of sp³-hybridized carbons (Fsp3) is 0.375. The van der Waals surface area contributed by atoms with Crippen LogP contribution in [0.15, 0.2) is 54.6 Å². The quantitative estimate of drug-likeness (QED) is 0.397. The van der Waals surface area contributed by atoms with Gasteiger partial charge in [-0.25, -0.2) is 0 Å². The van der Waals surface area contributed by atoms with E-state index in [1.54, 1.807) is 24.3 Å². The van der Waals surface area contributed by atoms with Crippen LogP contribution < -0.4 is 9.47 Å². The van der Waals surface area contributed by atoms with E-state index >= 15 is 0 Å². The van der Waals surface area contributed by atoms with Crippen LogP contribution in [0, 0.1) is 11.8 Å². The molecule has 2 aromatic carbocycles. The van der Waals surface area contributed by atoms with Gasteiger partial charge in [0, 0.05) is 6.54 Å². The third kappa shape index (κ3) is 4.53. The summed E-state index contributed by atoms with van der Waals surface area (Å²) < 4.78 is 11.1. The van der Waals surface area contributed by atoms with Crippen LogP contribution in [-0.4, -0.2) is 29.2 Å². The maximum Gasteiger partial charge on any atom is 0.312 e. The minimum Gasteiger partial charge on any atom is -0.489 e. The fourth-order valence-corrected chi connectivity index (χ4v) is 4.18. The molecule has 30 heavy (non-hydrogen) atoms. The van der Waals surface area contributed by atoms with Crippen molar-refractivity contribution in [3.63, 3.8) is 0 Å². The van der Waals surface area contributed by atoms with Crippen molar-refractivity contribution in [3.05, 3.63) is 60.2 Å². The summed E-state index contributed by atoms with van der Waals surface area (Å²) in [5.41, 5.74) is 1.07. The second-order valence-electron chi connectivity index (χ2n) is 7.80. The number of hydrogen-bond donors (Lipinski definition) is 0. The summed E-state index contributed by atoms with van der Waals surface area (Å²) in [4.78, 5) is 38.4. The minimum absolute atomic E-state index is 0.0107. The van der Waals surface area contributed by atoms with E-state index in [-0.39, 0.29) is 36.6 Å². The van der Waals surface area contributed by atoms with Gasteiger partial charge in [0.2, 0.25) is 11.8 Å². The predicted molar refractivity (Wildman–Crippen MR) is 110 cm³/mol. The molecule has 1 saturated heterocycles. The van der Waals surface area contributed by atoms with E-state index in [9.17, 15) is 14.4 Å². The highest BCUT2D eigenvalue weighted by atomic mass is 16.5. The summed E-state index contributed by atoms with van der Waals surface area (Å²) in [6.07, 6.45) is 3.51. The van der Waals surface area contributed by atoms with Crippen LogP contribution in [0.5, 0.6) is 11.5 Å². The Morgan fingerprint density at radius 3 is 2.10 bits per heavy atom. The van der Waals surface area contributed by atoms with Crippen molar-refractivity contribution >= 4 is 17.8 Å². The van der Waals surface area contributed by atoms with Crippen LogP contribution in [0.4, 0.5) is 0 Å². The van der Waals surface area contributed by atoms with Gasteiger partial charge in [0.25, 0.3) is 0 Å². The van der Waals surface area contributed by atoms with Crippen molar-refractivity contribution in [2.75, 3.05) is 6.54 Å². The lowest BCUT2D eigenvalue weighted by atomic mass is 9.81. The van der Waals surface area contributed by atoms with Crippen LogP contribution in [0.3, 0.4) is 0 Å². The Labute approximate surface area is 175 Å². The maximum atomic E-state index is 12.5. The number of ether oxygens (including phenoxy) is 2. The lowest BCUT2D eigenvalue weighted by Crippen LogP contribution is -2.33. The van der Waals surface area contributed by atoms with Crippen molar-refractivity contribution in [1.82, 2.24) is 4.90 Å². The van der Waals surface area contributed by atoms with Crippen molar-refractivity contribution in [2.24, 2.45) is 11.8 Å². The Morgan fingerprint density at radius 1 is 0.867 bits per heavy atom. The Hall–Kier alpha value is -3.15. The fourth-order valence-electron chi connectivity index (χ4n) is 4.18. The smallest absolute Gasteiger partial charge is 0.312 e. The zero-order valence-corrected chi connectivity index (χ0v) is 16.8. The standard InChI is InChI=1S/C24H25NO5/c26-22(14-15-25-23(27)20-8-4-5-9-21(20)24(25)28)30-19-12-10-18(11-13-19)29-16-17-6-2-1-3-7-17/h1-3,6-7,10-13,20-21H,4-5,8-9,14-16H2/t20-,21+. The highest BCUT2D eigenvalue weighted by Gasteiger charge is 2.47. The molecule has 0 unspecified atom stereocenters. The second kappa shape index (κ2) is 9.11. The van der Waals surface area contributed by atoms with Gasteiger partial charge in [-0.1, -0.05) is 43.2 Å². The molecule has 0 N–H and O–H groups in total. The highest BCUT2D eigenvalue weighted by Crippen LogP contribution is 2.38. The molecule has 6 nitrogen and oxygen atoms in total. The molecule has 2 aliphatic rings. The molecule has 0 radical (unpaired) electrons. The zero-order valence-electron chi connectivity index (χ0n) is 16.8. The van der Waals surface area contributed by atoms with E-state index < -0.39 is 5.97 Å². The molecule has 1 aliphatic carbocycles. The molecule has 0 spiro atoms. The van der Waals surface area contributed by atoms with Gasteiger partial charge in [-0.15, -0.1) is 0 Å². The van der Waals surface area contributed by atoms with Crippen molar-refractivity contribution < 1.29 is 23.9 Å². The maximum absolute atomic E-state index is 12.5. The third-order valence-corrected chi connectivity index (χ3v) is 5.78. The van der Waals surface area contributed by atoms with Gasteiger partial charge >= 0.3 is 5.97 Å². The molecule has 2 fully saturated rings. The van der Waals surface area contributed by atoms with Gasteiger partial charge in [0.05, 0.1) is 18.3 Å². The topological polar surface area (TPSA) is 72.9 Å². The zero-order chi connectivity index (χ0) is 20.9. The molecule has 1 heterocycles. The second-order valence-corrected chi connectivity index (χ2v) is 7.80. The van der Waals surface area contributed by atoms with Gasteiger partial charge in [-0.05, 0) is 42.7 Å². The van der Waals surface area contributed by atoms with E-state index in [1.165, 1.54) is 4.90 Å². The first-order valence-electron chi connectivity index (χ1n) is 10.4. The number of amides is 2. The van der Waals surface area contributed by atoms with Crippen molar-refractivity contribution in [1.29, 1.82) is 0 Å². The molecular weight excluding hydrogens is 382 g/mol. The Kier molecular flexibility index (Phi) is 6.12. The third-order valence-electron chi connectivity index (χ3n) is 5.78. The lowest BCUT2D eigenvalue weighted by molar-refractivity contribution is -0.141. The van der Waals surface area contributed by atoms with E-state index in [2.05, 4.69) is 0 Å². The van der Waals surface area contributed by atoms with Crippen LogP contribution in [-0.2, 0) is 21.0 Å². The number of esters is 1. The predicted octanol–water partition coefficient (Wildman–Crippen LogP) is 3.74. The van der Waals surface area contributed by atoms with Crippen molar-refractivity contribution in [3.8, 4) is 11.5 Å². The van der Waals surface area contributed by atoms with Crippen LogP contribution in [0.2, 0.25) is 0 Å². The number of fused-ring (bicyclic) bond motifs is 1. The summed E-state index contributed by atoms with van der Waals surface area (Å²) in [5.74, 6) is -0.0241.